The summed E-state index contributed by atoms with van der Waals surface area (Å²) in [4.78, 5) is 37.8. The van der Waals surface area contributed by atoms with E-state index in [2.05, 4.69) is 0 Å². The zero-order valence-electron chi connectivity index (χ0n) is 17.8. The number of Topliss-reactive ketones (excluding diaryl/α,β-unsaturated/α-hetero) is 2. The summed E-state index contributed by atoms with van der Waals surface area (Å²) in [7, 11) is 0. The van der Waals surface area contributed by atoms with Gasteiger partial charge >= 0.3 is 5.97 Å². The first-order valence-corrected chi connectivity index (χ1v) is 10.8. The van der Waals surface area contributed by atoms with Gasteiger partial charge in [-0.3, -0.25) is 9.59 Å². The van der Waals surface area contributed by atoms with Crippen molar-refractivity contribution in [1.82, 2.24) is 0 Å². The number of ketones is 2. The Labute approximate surface area is 190 Å². The molecule has 170 valence electrons. The third-order valence-electron chi connectivity index (χ3n) is 5.95. The Bertz CT molecular complexity index is 1130. The van der Waals surface area contributed by atoms with Gasteiger partial charge in [-0.25, -0.2) is 9.18 Å². The van der Waals surface area contributed by atoms with Gasteiger partial charge in [0.1, 0.15) is 11.6 Å². The molecule has 0 saturated heterocycles. The van der Waals surface area contributed by atoms with E-state index in [0.29, 0.717) is 31.2 Å². The monoisotopic (exact) mass is 450 g/mol. The van der Waals surface area contributed by atoms with Crippen LogP contribution in [0.15, 0.2) is 71.2 Å². The molecule has 6 nitrogen and oxygen atoms in total. The van der Waals surface area contributed by atoms with Gasteiger partial charge in [-0.2, -0.15) is 0 Å². The van der Waals surface area contributed by atoms with Crippen molar-refractivity contribution in [2.45, 2.75) is 44.4 Å². The molecule has 0 spiro atoms. The number of carbonyl (C=O) groups excluding carboxylic acids is 3. The van der Waals surface area contributed by atoms with Crippen LogP contribution >= 0.6 is 0 Å². The number of aliphatic hydroxyl groups is 2. The van der Waals surface area contributed by atoms with E-state index in [9.17, 15) is 29.0 Å². The number of allylic oxidation sites excluding steroid dienone is 4. The van der Waals surface area contributed by atoms with Crippen LogP contribution in [-0.4, -0.2) is 27.7 Å². The van der Waals surface area contributed by atoms with Gasteiger partial charge in [0.15, 0.2) is 11.6 Å². The summed E-state index contributed by atoms with van der Waals surface area (Å²) in [5.74, 6) is -3.02. The minimum atomic E-state index is -0.915. The van der Waals surface area contributed by atoms with E-state index in [1.165, 1.54) is 30.3 Å². The predicted octanol–water partition coefficient (Wildman–Crippen LogP) is 5.26. The lowest BCUT2D eigenvalue weighted by Crippen LogP contribution is -2.25. The van der Waals surface area contributed by atoms with E-state index in [1.807, 2.05) is 0 Å². The SMILES string of the molecule is O=C1CCCC(O)=C1C(C1=C(O)CCCC1=O)c1ccc(OC(=O)c2ccccc2F)cc1. The fourth-order valence-electron chi connectivity index (χ4n) is 4.34. The maximum absolute atomic E-state index is 13.8. The smallest absolute Gasteiger partial charge is 0.346 e. The zero-order chi connectivity index (χ0) is 23.5. The molecule has 7 heteroatoms. The highest BCUT2D eigenvalue weighted by molar-refractivity contribution is 6.05. The summed E-state index contributed by atoms with van der Waals surface area (Å²) in [5.41, 5.74) is 0.530. The number of ether oxygens (including phenoxy) is 1. The van der Waals surface area contributed by atoms with Crippen LogP contribution in [-0.2, 0) is 9.59 Å². The Balaban J connectivity index is 1.70. The average Bonchev–Trinajstić information content (AvgIpc) is 2.78. The molecule has 2 aliphatic carbocycles. The molecule has 33 heavy (non-hydrogen) atoms. The van der Waals surface area contributed by atoms with Gasteiger partial charge in [0, 0.05) is 42.7 Å². The highest BCUT2D eigenvalue weighted by Gasteiger charge is 2.37. The normalized spacial score (nSPS) is 17.0. The summed E-state index contributed by atoms with van der Waals surface area (Å²) in [5, 5.41) is 21.1. The zero-order valence-corrected chi connectivity index (χ0v) is 17.8. The summed E-state index contributed by atoms with van der Waals surface area (Å²) in [6, 6.07) is 11.5. The van der Waals surface area contributed by atoms with Gasteiger partial charge < -0.3 is 14.9 Å². The maximum Gasteiger partial charge on any atom is 0.346 e. The lowest BCUT2D eigenvalue weighted by molar-refractivity contribution is -0.117. The molecule has 0 amide bonds. The number of carbonyl (C=O) groups is 3. The van der Waals surface area contributed by atoms with Gasteiger partial charge in [0.25, 0.3) is 0 Å². The largest absolute Gasteiger partial charge is 0.512 e. The first-order valence-electron chi connectivity index (χ1n) is 10.8. The van der Waals surface area contributed by atoms with E-state index >= 15 is 0 Å². The van der Waals surface area contributed by atoms with Crippen LogP contribution in [0.2, 0.25) is 0 Å². The van der Waals surface area contributed by atoms with E-state index in [0.717, 1.165) is 6.07 Å². The Hall–Kier alpha value is -3.74. The van der Waals surface area contributed by atoms with Crippen LogP contribution in [0.5, 0.6) is 5.75 Å². The lowest BCUT2D eigenvalue weighted by Gasteiger charge is -2.28. The molecule has 0 atom stereocenters. The molecule has 2 N–H and O–H groups in total. The minimum Gasteiger partial charge on any atom is -0.512 e. The lowest BCUT2D eigenvalue weighted by atomic mass is 9.74. The van der Waals surface area contributed by atoms with E-state index in [1.54, 1.807) is 12.1 Å². The van der Waals surface area contributed by atoms with Crippen molar-refractivity contribution in [2.75, 3.05) is 0 Å². The van der Waals surface area contributed by atoms with Crippen LogP contribution in [0.3, 0.4) is 0 Å². The molecule has 0 radical (unpaired) electrons. The molecule has 0 heterocycles. The Kier molecular flexibility index (Phi) is 6.40. The summed E-state index contributed by atoms with van der Waals surface area (Å²) in [6.07, 6.45) is 2.17. The second-order valence-electron chi connectivity index (χ2n) is 8.15. The predicted molar refractivity (Wildman–Crippen MR) is 118 cm³/mol. The molecule has 0 saturated carbocycles. The number of aliphatic hydroxyl groups excluding tert-OH is 2. The van der Waals surface area contributed by atoms with Crippen molar-refractivity contribution >= 4 is 17.5 Å². The van der Waals surface area contributed by atoms with Crippen LogP contribution < -0.4 is 4.74 Å². The number of hydrogen-bond acceptors (Lipinski definition) is 6. The molecule has 2 aliphatic rings. The van der Waals surface area contributed by atoms with Crippen LogP contribution in [0.1, 0.15) is 60.4 Å². The third-order valence-corrected chi connectivity index (χ3v) is 5.95. The summed E-state index contributed by atoms with van der Waals surface area (Å²) < 4.78 is 19.1. The fourth-order valence-corrected chi connectivity index (χ4v) is 4.34. The van der Waals surface area contributed by atoms with Crippen molar-refractivity contribution in [3.8, 4) is 5.75 Å². The molecule has 2 aromatic rings. The minimum absolute atomic E-state index is 0.0787. The number of rotatable bonds is 5. The van der Waals surface area contributed by atoms with Gasteiger partial charge in [-0.1, -0.05) is 24.3 Å². The third kappa shape index (κ3) is 4.58. The van der Waals surface area contributed by atoms with E-state index < -0.39 is 17.7 Å². The van der Waals surface area contributed by atoms with Gasteiger partial charge in [0.05, 0.1) is 17.1 Å². The highest BCUT2D eigenvalue weighted by atomic mass is 19.1. The Morgan fingerprint density at radius 3 is 1.88 bits per heavy atom. The summed E-state index contributed by atoms with van der Waals surface area (Å²) in [6.45, 7) is 0. The highest BCUT2D eigenvalue weighted by Crippen LogP contribution is 2.42. The number of halogens is 1. The second kappa shape index (κ2) is 9.40. The fraction of sp³-hybridized carbons (Fsp3) is 0.269. The Morgan fingerprint density at radius 1 is 0.818 bits per heavy atom. The molecule has 0 aliphatic heterocycles. The summed E-state index contributed by atoms with van der Waals surface area (Å²) >= 11 is 0. The number of hydrogen-bond donors (Lipinski definition) is 2. The number of esters is 1. The molecule has 2 aromatic carbocycles. The molecular formula is C26H23FO6. The first-order chi connectivity index (χ1) is 15.9. The average molecular weight is 450 g/mol. The van der Waals surface area contributed by atoms with Gasteiger partial charge in [-0.05, 0) is 42.7 Å². The molecule has 0 fully saturated rings. The Morgan fingerprint density at radius 2 is 1.36 bits per heavy atom. The van der Waals surface area contributed by atoms with E-state index in [-0.39, 0.29) is 58.4 Å². The van der Waals surface area contributed by atoms with Crippen LogP contribution in [0.25, 0.3) is 0 Å². The molecule has 0 bridgehead atoms. The maximum atomic E-state index is 13.8. The van der Waals surface area contributed by atoms with Crippen molar-refractivity contribution in [3.63, 3.8) is 0 Å². The van der Waals surface area contributed by atoms with Gasteiger partial charge in [0.2, 0.25) is 0 Å². The number of benzene rings is 2. The van der Waals surface area contributed by atoms with E-state index in [4.69, 9.17) is 4.74 Å². The second-order valence-corrected chi connectivity index (χ2v) is 8.15. The molecule has 0 unspecified atom stereocenters. The first kappa shape index (κ1) is 22.5. The standard InChI is InChI=1S/C26H23FO6/c27-18-6-2-1-5-17(18)26(32)33-16-13-11-15(12-14-16)23(24-19(28)7-3-8-20(24)29)25-21(30)9-4-10-22(25)31/h1-2,5-6,11-14,23,28,30H,3-4,7-10H2. The van der Waals surface area contributed by atoms with Crippen molar-refractivity contribution in [3.05, 3.63) is 88.1 Å². The van der Waals surface area contributed by atoms with Gasteiger partial charge in [-0.15, -0.1) is 0 Å². The van der Waals surface area contributed by atoms with Crippen LogP contribution in [0, 0.1) is 5.82 Å². The van der Waals surface area contributed by atoms with Crippen molar-refractivity contribution < 1.29 is 33.7 Å². The topological polar surface area (TPSA) is 101 Å². The van der Waals surface area contributed by atoms with Crippen LogP contribution in [0.4, 0.5) is 4.39 Å². The quantitative estimate of drug-likeness (QED) is 0.476. The molecular weight excluding hydrogens is 427 g/mol. The molecule has 0 aromatic heterocycles. The van der Waals surface area contributed by atoms with Crippen molar-refractivity contribution in [1.29, 1.82) is 0 Å². The molecule has 4 rings (SSSR count). The van der Waals surface area contributed by atoms with Crippen molar-refractivity contribution in [2.24, 2.45) is 0 Å².